The zero-order chi connectivity index (χ0) is 28.9. The fourth-order valence-electron chi connectivity index (χ4n) is 5.80. The highest BCUT2D eigenvalue weighted by Gasteiger charge is 2.44. The molecule has 2 fully saturated rings. The Hall–Kier alpha value is -4.69. The number of nitrogens with one attached hydrogen (secondary N) is 1. The van der Waals surface area contributed by atoms with E-state index < -0.39 is 17.2 Å². The van der Waals surface area contributed by atoms with E-state index in [0.29, 0.717) is 25.2 Å². The first-order valence-corrected chi connectivity index (χ1v) is 13.9. The molecule has 3 heterocycles. The molecule has 0 radical (unpaired) electrons. The number of anilines is 3. The topological polar surface area (TPSA) is 91.5 Å². The Morgan fingerprint density at radius 1 is 0.976 bits per heavy atom. The zero-order valence-electron chi connectivity index (χ0n) is 23.0. The molecule has 0 bridgehead atoms. The maximum Gasteiger partial charge on any atom is 0.181 e. The minimum absolute atomic E-state index is 0.00970. The molecule has 1 aromatic heterocycles. The summed E-state index contributed by atoms with van der Waals surface area (Å²) in [5.74, 6) is -0.504. The molecule has 2 saturated heterocycles. The standard InChI is InChI=1S/C31H31F2N7O2/c32-24-1-10-29(30(33)15-24)31(19-40-22-35-21-37-40)16-23(18-42-31)17-41-28-8-6-27(7-9-28)39-13-11-38(12-14-39)26-4-2-25(3-5-26)36-20-34/h1-10,15,21-23,36H,11-14,16-19H2/t23-,31+/m0/s1. The molecule has 0 amide bonds. The van der Waals surface area contributed by atoms with Gasteiger partial charge in [0, 0.05) is 60.8 Å². The number of ether oxygens (including phenoxy) is 2. The van der Waals surface area contributed by atoms with E-state index in [1.807, 2.05) is 42.6 Å². The zero-order valence-corrected chi connectivity index (χ0v) is 23.0. The summed E-state index contributed by atoms with van der Waals surface area (Å²) in [7, 11) is 0. The molecule has 0 saturated carbocycles. The van der Waals surface area contributed by atoms with Crippen LogP contribution in [0, 0.1) is 29.0 Å². The summed E-state index contributed by atoms with van der Waals surface area (Å²) in [5.41, 5.74) is 2.37. The van der Waals surface area contributed by atoms with Crippen LogP contribution in [0.3, 0.4) is 0 Å². The Bertz CT molecular complexity index is 1520. The number of piperazine rings is 1. The quantitative estimate of drug-likeness (QED) is 0.227. The lowest BCUT2D eigenvalue weighted by Crippen LogP contribution is -2.46. The minimum atomic E-state index is -0.999. The second kappa shape index (κ2) is 12.0. The first kappa shape index (κ1) is 27.5. The van der Waals surface area contributed by atoms with Crippen LogP contribution in [-0.2, 0) is 16.9 Å². The van der Waals surface area contributed by atoms with E-state index in [1.54, 1.807) is 11.0 Å². The lowest BCUT2D eigenvalue weighted by Gasteiger charge is -2.37. The highest BCUT2D eigenvalue weighted by molar-refractivity contribution is 5.58. The Morgan fingerprint density at radius 2 is 1.67 bits per heavy atom. The van der Waals surface area contributed by atoms with Crippen LogP contribution in [-0.4, -0.2) is 54.2 Å². The van der Waals surface area contributed by atoms with Crippen LogP contribution in [0.15, 0.2) is 79.4 Å². The molecule has 6 rings (SSSR count). The van der Waals surface area contributed by atoms with Crippen molar-refractivity contribution in [2.75, 3.05) is 54.5 Å². The molecule has 1 N–H and O–H groups in total. The first-order valence-electron chi connectivity index (χ1n) is 13.9. The van der Waals surface area contributed by atoms with Crippen molar-refractivity contribution in [3.8, 4) is 11.9 Å². The number of hydrogen-bond donors (Lipinski definition) is 1. The van der Waals surface area contributed by atoms with Crippen molar-refractivity contribution >= 4 is 17.1 Å². The minimum Gasteiger partial charge on any atom is -0.493 e. The highest BCUT2D eigenvalue weighted by Crippen LogP contribution is 2.42. The van der Waals surface area contributed by atoms with Gasteiger partial charge in [0.05, 0.1) is 19.8 Å². The SMILES string of the molecule is N#CNc1ccc(N2CCN(c3ccc(OC[C@H]4CO[C@](Cn5cncn5)(c5ccc(F)cc5F)C4)cc3)CC2)cc1. The first-order chi connectivity index (χ1) is 20.5. The van der Waals surface area contributed by atoms with Crippen molar-refractivity contribution in [2.45, 2.75) is 18.6 Å². The van der Waals surface area contributed by atoms with Gasteiger partial charge in [0.1, 0.15) is 35.6 Å². The summed E-state index contributed by atoms with van der Waals surface area (Å²) in [6, 6.07) is 19.6. The predicted octanol–water partition coefficient (Wildman–Crippen LogP) is 4.79. The van der Waals surface area contributed by atoms with Crippen LogP contribution < -0.4 is 19.9 Å². The predicted molar refractivity (Wildman–Crippen MR) is 154 cm³/mol. The van der Waals surface area contributed by atoms with Crippen molar-refractivity contribution in [3.63, 3.8) is 0 Å². The Morgan fingerprint density at radius 3 is 2.29 bits per heavy atom. The Labute approximate surface area is 242 Å². The average Bonchev–Trinajstić information content (AvgIpc) is 3.68. The van der Waals surface area contributed by atoms with E-state index in [-0.39, 0.29) is 12.5 Å². The summed E-state index contributed by atoms with van der Waals surface area (Å²) in [6.07, 6.45) is 5.42. The number of aromatic nitrogens is 3. The van der Waals surface area contributed by atoms with Gasteiger partial charge in [-0.15, -0.1) is 0 Å². The van der Waals surface area contributed by atoms with E-state index in [9.17, 15) is 8.78 Å². The Kier molecular flexibility index (Phi) is 7.88. The van der Waals surface area contributed by atoms with Crippen LogP contribution in [0.2, 0.25) is 0 Å². The maximum atomic E-state index is 14.9. The highest BCUT2D eigenvalue weighted by atomic mass is 19.1. The summed E-state index contributed by atoms with van der Waals surface area (Å²) in [5, 5.41) is 15.6. The van der Waals surface area contributed by atoms with Gasteiger partial charge in [0.15, 0.2) is 6.19 Å². The number of rotatable bonds is 9. The van der Waals surface area contributed by atoms with Crippen LogP contribution in [0.1, 0.15) is 12.0 Å². The molecular formula is C31H31F2N7O2. The lowest BCUT2D eigenvalue weighted by molar-refractivity contribution is -0.0206. The van der Waals surface area contributed by atoms with Gasteiger partial charge in [-0.2, -0.15) is 10.4 Å². The third kappa shape index (κ3) is 5.99. The third-order valence-corrected chi connectivity index (χ3v) is 7.92. The summed E-state index contributed by atoms with van der Waals surface area (Å²) >= 11 is 0. The molecule has 2 aliphatic rings. The largest absolute Gasteiger partial charge is 0.493 e. The number of hydrogen-bond acceptors (Lipinski definition) is 8. The van der Waals surface area contributed by atoms with Crippen LogP contribution in [0.5, 0.6) is 5.75 Å². The second-order valence-corrected chi connectivity index (χ2v) is 10.7. The van der Waals surface area contributed by atoms with Gasteiger partial charge in [-0.25, -0.2) is 18.4 Å². The van der Waals surface area contributed by atoms with Crippen molar-refractivity contribution in [1.29, 1.82) is 5.26 Å². The third-order valence-electron chi connectivity index (χ3n) is 7.92. The van der Waals surface area contributed by atoms with Crippen molar-refractivity contribution in [2.24, 2.45) is 5.92 Å². The fraction of sp³-hybridized carbons (Fsp3) is 0.323. The van der Waals surface area contributed by atoms with E-state index in [1.165, 1.54) is 18.5 Å². The number of benzene rings is 3. The second-order valence-electron chi connectivity index (χ2n) is 10.7. The van der Waals surface area contributed by atoms with Gasteiger partial charge in [0.25, 0.3) is 0 Å². The average molecular weight is 572 g/mol. The maximum absolute atomic E-state index is 14.9. The van der Waals surface area contributed by atoms with Gasteiger partial charge in [-0.3, -0.25) is 5.32 Å². The molecule has 216 valence electrons. The molecule has 11 heteroatoms. The van der Waals surface area contributed by atoms with Gasteiger partial charge >= 0.3 is 0 Å². The molecule has 42 heavy (non-hydrogen) atoms. The molecule has 0 unspecified atom stereocenters. The van der Waals surface area contributed by atoms with Gasteiger partial charge in [-0.1, -0.05) is 6.07 Å². The normalized spacial score (nSPS) is 20.4. The van der Waals surface area contributed by atoms with Crippen molar-refractivity contribution in [3.05, 3.63) is 96.6 Å². The van der Waals surface area contributed by atoms with Gasteiger partial charge < -0.3 is 19.3 Å². The fourth-order valence-corrected chi connectivity index (χ4v) is 5.80. The molecular weight excluding hydrogens is 540 g/mol. The Balaban J connectivity index is 1.04. The summed E-state index contributed by atoms with van der Waals surface area (Å²) in [4.78, 5) is 8.68. The monoisotopic (exact) mass is 571 g/mol. The lowest BCUT2D eigenvalue weighted by atomic mass is 9.87. The van der Waals surface area contributed by atoms with Gasteiger partial charge in [-0.05, 0) is 61.0 Å². The molecule has 3 aromatic carbocycles. The molecule has 4 aromatic rings. The molecule has 2 aliphatic heterocycles. The number of nitrogens with zero attached hydrogens (tertiary/aromatic N) is 6. The van der Waals surface area contributed by atoms with Crippen molar-refractivity contribution in [1.82, 2.24) is 14.8 Å². The van der Waals surface area contributed by atoms with Crippen molar-refractivity contribution < 1.29 is 18.3 Å². The van der Waals surface area contributed by atoms with E-state index >= 15 is 0 Å². The van der Waals surface area contributed by atoms with Crippen LogP contribution in [0.4, 0.5) is 25.8 Å². The van der Waals surface area contributed by atoms with Gasteiger partial charge in [0.2, 0.25) is 0 Å². The van der Waals surface area contributed by atoms with E-state index in [4.69, 9.17) is 14.7 Å². The molecule has 9 nitrogen and oxygen atoms in total. The summed E-state index contributed by atoms with van der Waals surface area (Å²) in [6.45, 7) is 4.63. The number of nitriles is 1. The van der Waals surface area contributed by atoms with E-state index in [0.717, 1.165) is 55.1 Å². The number of halogens is 2. The molecule has 0 spiro atoms. The molecule has 2 atom stereocenters. The molecule has 0 aliphatic carbocycles. The smallest absolute Gasteiger partial charge is 0.181 e. The summed E-state index contributed by atoms with van der Waals surface area (Å²) < 4.78 is 42.5. The van der Waals surface area contributed by atoms with E-state index in [2.05, 4.69) is 37.3 Å². The van der Waals surface area contributed by atoms with Crippen LogP contribution in [0.25, 0.3) is 0 Å². The van der Waals surface area contributed by atoms with Crippen LogP contribution >= 0.6 is 0 Å².